The molecule has 0 heterocycles. The molecule has 0 N–H and O–H groups in total. The Balaban J connectivity index is 2.46. The second kappa shape index (κ2) is 4.91. The van der Waals surface area contributed by atoms with Gasteiger partial charge in [0.15, 0.2) is 0 Å². The summed E-state index contributed by atoms with van der Waals surface area (Å²) in [5.74, 6) is 0. The summed E-state index contributed by atoms with van der Waals surface area (Å²) in [4.78, 5) is 0. The average molecular weight is 242 g/mol. The van der Waals surface area contributed by atoms with Gasteiger partial charge in [-0.3, -0.25) is 0 Å². The smallest absolute Gasteiger partial charge is 0.0193 e. The fourth-order valence-corrected chi connectivity index (χ4v) is 3.05. The van der Waals surface area contributed by atoms with Crippen molar-refractivity contribution >= 4 is 5.57 Å². The molecule has 98 valence electrons. The summed E-state index contributed by atoms with van der Waals surface area (Å²) in [6, 6.07) is 4.84. The van der Waals surface area contributed by atoms with Crippen LogP contribution >= 0.6 is 0 Å². The van der Waals surface area contributed by atoms with Gasteiger partial charge in [-0.2, -0.15) is 0 Å². The number of aryl methyl sites for hydroxylation is 1. The van der Waals surface area contributed by atoms with Gasteiger partial charge in [-0.1, -0.05) is 46.4 Å². The third-order valence-electron chi connectivity index (χ3n) is 3.80. The van der Waals surface area contributed by atoms with E-state index in [0.717, 1.165) is 12.8 Å². The van der Waals surface area contributed by atoms with Crippen molar-refractivity contribution in [1.29, 1.82) is 0 Å². The van der Waals surface area contributed by atoms with Crippen LogP contribution in [0.4, 0.5) is 0 Å². The van der Waals surface area contributed by atoms with Gasteiger partial charge in [0.05, 0.1) is 0 Å². The van der Waals surface area contributed by atoms with Crippen LogP contribution in [0.15, 0.2) is 18.7 Å². The Morgan fingerprint density at radius 3 is 2.50 bits per heavy atom. The summed E-state index contributed by atoms with van der Waals surface area (Å²) in [5, 5.41) is 0. The standard InChI is InChI=1S/C18H26/c1-6-15-10-14(12-18(3,4)5)11-17-13(2)8-7-9-16(15)17/h10-11H,2,6-9,12H2,1,3-5H3. The molecule has 0 bridgehead atoms. The Bertz CT molecular complexity index is 458. The van der Waals surface area contributed by atoms with Crippen molar-refractivity contribution in [3.8, 4) is 0 Å². The van der Waals surface area contributed by atoms with Crippen LogP contribution in [-0.2, 0) is 19.3 Å². The lowest BCUT2D eigenvalue weighted by Crippen LogP contribution is -2.12. The molecule has 0 aromatic heterocycles. The molecule has 2 rings (SSSR count). The quantitative estimate of drug-likeness (QED) is 0.669. The zero-order chi connectivity index (χ0) is 13.3. The minimum atomic E-state index is 0.356. The van der Waals surface area contributed by atoms with Crippen molar-refractivity contribution < 1.29 is 0 Å². The van der Waals surface area contributed by atoms with Gasteiger partial charge in [-0.15, -0.1) is 0 Å². The Morgan fingerprint density at radius 1 is 1.17 bits per heavy atom. The normalized spacial score (nSPS) is 15.7. The average Bonchev–Trinajstić information content (AvgIpc) is 2.27. The topological polar surface area (TPSA) is 0 Å². The summed E-state index contributed by atoms with van der Waals surface area (Å²) < 4.78 is 0. The second-order valence-electron chi connectivity index (χ2n) is 6.83. The minimum Gasteiger partial charge on any atom is -0.0952 e. The van der Waals surface area contributed by atoms with Crippen molar-refractivity contribution in [2.75, 3.05) is 0 Å². The number of benzene rings is 1. The Morgan fingerprint density at radius 2 is 1.89 bits per heavy atom. The Labute approximate surface area is 112 Å². The zero-order valence-electron chi connectivity index (χ0n) is 12.4. The SMILES string of the molecule is C=C1CCCc2c(CC)cc(CC(C)(C)C)cc21. The van der Waals surface area contributed by atoms with Crippen LogP contribution in [0, 0.1) is 5.41 Å². The lowest BCUT2D eigenvalue weighted by atomic mass is 9.80. The van der Waals surface area contributed by atoms with Crippen molar-refractivity contribution in [3.63, 3.8) is 0 Å². The van der Waals surface area contributed by atoms with Gasteiger partial charge >= 0.3 is 0 Å². The van der Waals surface area contributed by atoms with Crippen LogP contribution < -0.4 is 0 Å². The lowest BCUT2D eigenvalue weighted by Gasteiger charge is -2.25. The van der Waals surface area contributed by atoms with E-state index in [9.17, 15) is 0 Å². The van der Waals surface area contributed by atoms with E-state index >= 15 is 0 Å². The number of rotatable bonds is 2. The van der Waals surface area contributed by atoms with Crippen LogP contribution in [0.2, 0.25) is 0 Å². The van der Waals surface area contributed by atoms with E-state index in [1.807, 2.05) is 0 Å². The summed E-state index contributed by atoms with van der Waals surface area (Å²) in [7, 11) is 0. The van der Waals surface area contributed by atoms with E-state index in [0.29, 0.717) is 5.41 Å². The first kappa shape index (κ1) is 13.4. The highest BCUT2D eigenvalue weighted by molar-refractivity contribution is 5.70. The van der Waals surface area contributed by atoms with Crippen LogP contribution in [0.25, 0.3) is 5.57 Å². The molecule has 1 aromatic carbocycles. The fourth-order valence-electron chi connectivity index (χ4n) is 3.05. The van der Waals surface area contributed by atoms with Gasteiger partial charge < -0.3 is 0 Å². The van der Waals surface area contributed by atoms with Crippen LogP contribution in [-0.4, -0.2) is 0 Å². The van der Waals surface area contributed by atoms with E-state index < -0.39 is 0 Å². The molecule has 0 amide bonds. The summed E-state index contributed by atoms with van der Waals surface area (Å²) in [6.07, 6.45) is 5.99. The highest BCUT2D eigenvalue weighted by Crippen LogP contribution is 2.34. The van der Waals surface area contributed by atoms with Crippen molar-refractivity contribution in [3.05, 3.63) is 41.0 Å². The van der Waals surface area contributed by atoms with Gasteiger partial charge in [0.25, 0.3) is 0 Å². The molecule has 0 saturated heterocycles. The van der Waals surface area contributed by atoms with Gasteiger partial charge in [0.1, 0.15) is 0 Å². The number of allylic oxidation sites excluding steroid dienone is 1. The van der Waals surface area contributed by atoms with Crippen molar-refractivity contribution in [1.82, 2.24) is 0 Å². The molecule has 0 aliphatic heterocycles. The van der Waals surface area contributed by atoms with Crippen molar-refractivity contribution in [2.24, 2.45) is 5.41 Å². The highest BCUT2D eigenvalue weighted by Gasteiger charge is 2.18. The number of hydrogen-bond acceptors (Lipinski definition) is 0. The Kier molecular flexibility index (Phi) is 3.66. The largest absolute Gasteiger partial charge is 0.0952 e. The van der Waals surface area contributed by atoms with Gasteiger partial charge in [-0.05, 0) is 65.3 Å². The van der Waals surface area contributed by atoms with Gasteiger partial charge in [0, 0.05) is 0 Å². The molecule has 0 radical (unpaired) electrons. The minimum absolute atomic E-state index is 0.356. The molecule has 1 aliphatic rings. The molecule has 0 nitrogen and oxygen atoms in total. The van der Waals surface area contributed by atoms with E-state index in [1.54, 1.807) is 11.1 Å². The van der Waals surface area contributed by atoms with Crippen LogP contribution in [0.5, 0.6) is 0 Å². The lowest BCUT2D eigenvalue weighted by molar-refractivity contribution is 0.411. The van der Waals surface area contributed by atoms with Crippen LogP contribution in [0.3, 0.4) is 0 Å². The highest BCUT2D eigenvalue weighted by atomic mass is 14.2. The predicted molar refractivity (Wildman–Crippen MR) is 81.0 cm³/mol. The second-order valence-corrected chi connectivity index (χ2v) is 6.83. The molecule has 0 atom stereocenters. The molecule has 18 heavy (non-hydrogen) atoms. The van der Waals surface area contributed by atoms with E-state index in [4.69, 9.17) is 0 Å². The maximum Gasteiger partial charge on any atom is -0.0193 e. The fraction of sp³-hybridized carbons (Fsp3) is 0.556. The molecule has 1 aliphatic carbocycles. The third kappa shape index (κ3) is 2.85. The molecular formula is C18H26. The molecule has 1 aromatic rings. The molecular weight excluding hydrogens is 216 g/mol. The molecule has 0 saturated carbocycles. The third-order valence-corrected chi connectivity index (χ3v) is 3.80. The first-order valence-electron chi connectivity index (χ1n) is 7.23. The van der Waals surface area contributed by atoms with E-state index in [-0.39, 0.29) is 0 Å². The van der Waals surface area contributed by atoms with Gasteiger partial charge in [-0.25, -0.2) is 0 Å². The molecule has 0 fully saturated rings. The number of hydrogen-bond donors (Lipinski definition) is 0. The first-order chi connectivity index (χ1) is 8.40. The summed E-state index contributed by atoms with van der Waals surface area (Å²) in [6.45, 7) is 13.5. The Hall–Kier alpha value is -1.04. The van der Waals surface area contributed by atoms with Crippen molar-refractivity contribution in [2.45, 2.75) is 59.8 Å². The summed E-state index contributed by atoms with van der Waals surface area (Å²) >= 11 is 0. The van der Waals surface area contributed by atoms with E-state index in [1.165, 1.54) is 36.0 Å². The monoisotopic (exact) mass is 242 g/mol. The number of fused-ring (bicyclic) bond motifs is 1. The zero-order valence-corrected chi connectivity index (χ0v) is 12.4. The van der Waals surface area contributed by atoms with Gasteiger partial charge in [0.2, 0.25) is 0 Å². The molecule has 0 heteroatoms. The predicted octanol–water partition coefficient (Wildman–Crippen LogP) is 5.19. The molecule has 0 spiro atoms. The van der Waals surface area contributed by atoms with Crippen LogP contribution in [0.1, 0.15) is 62.8 Å². The van der Waals surface area contributed by atoms with E-state index in [2.05, 4.69) is 46.4 Å². The molecule has 0 unspecified atom stereocenters. The summed E-state index contributed by atoms with van der Waals surface area (Å²) in [5.41, 5.74) is 7.77. The first-order valence-corrected chi connectivity index (χ1v) is 7.23. The maximum atomic E-state index is 4.27. The maximum absolute atomic E-state index is 4.27.